The number of nitrogens with zero attached hydrogens (tertiary/aromatic N) is 1. The summed E-state index contributed by atoms with van der Waals surface area (Å²) in [4.78, 5) is 28.6. The monoisotopic (exact) mass is 585 g/mol. The van der Waals surface area contributed by atoms with Gasteiger partial charge < -0.3 is 9.53 Å². The van der Waals surface area contributed by atoms with Crippen LogP contribution in [-0.4, -0.2) is 30.9 Å². The zero-order chi connectivity index (χ0) is 29.8. The first kappa shape index (κ1) is 30.4. The van der Waals surface area contributed by atoms with Crippen molar-refractivity contribution < 1.29 is 19.1 Å². The minimum atomic E-state index is -1.55. The van der Waals surface area contributed by atoms with E-state index in [0.29, 0.717) is 23.4 Å². The second-order valence-corrected chi connectivity index (χ2v) is 14.3. The fourth-order valence-electron chi connectivity index (χ4n) is 5.32. The number of carbonyl (C=O) groups is 2. The number of benzene rings is 3. The molecule has 0 saturated heterocycles. The molecule has 0 amide bonds. The Labute approximate surface area is 248 Å². The van der Waals surface area contributed by atoms with Crippen LogP contribution in [0.1, 0.15) is 59.9 Å². The molecule has 41 heavy (non-hydrogen) atoms. The number of aryl methyl sites for hydroxylation is 1. The first-order valence-electron chi connectivity index (χ1n) is 13.8. The lowest BCUT2D eigenvalue weighted by atomic mass is 9.69. The van der Waals surface area contributed by atoms with Crippen LogP contribution >= 0.6 is 11.6 Å². The van der Waals surface area contributed by atoms with Crippen molar-refractivity contribution in [2.24, 2.45) is 5.41 Å². The molecule has 3 aromatic carbocycles. The van der Waals surface area contributed by atoms with Gasteiger partial charge in [0.15, 0.2) is 9.04 Å². The van der Waals surface area contributed by atoms with E-state index in [1.54, 1.807) is 12.1 Å². The topological polar surface area (TPSA) is 76.5 Å². The summed E-state index contributed by atoms with van der Waals surface area (Å²) in [6.07, 6.45) is 5.12. The first-order valence-corrected chi connectivity index (χ1v) is 16.9. The third-order valence-electron chi connectivity index (χ3n) is 7.33. The number of carbonyl (C=O) groups excluding carboxylic acids is 1. The van der Waals surface area contributed by atoms with Gasteiger partial charge >= 0.3 is 5.97 Å². The predicted octanol–water partition coefficient (Wildman–Crippen LogP) is 8.20. The Bertz CT molecular complexity index is 1610. The second-order valence-electron chi connectivity index (χ2n) is 11.6. The molecular formula is C34H36ClNO4Si. The van der Waals surface area contributed by atoms with Crippen molar-refractivity contribution in [3.8, 4) is 0 Å². The summed E-state index contributed by atoms with van der Waals surface area (Å²) >= 11 is 6.17. The Hall–Kier alpha value is -3.58. The molecule has 0 fully saturated rings. The number of hydrogen-bond donors (Lipinski definition) is 1. The van der Waals surface area contributed by atoms with Crippen molar-refractivity contribution in [2.45, 2.75) is 52.3 Å². The van der Waals surface area contributed by atoms with Gasteiger partial charge in [-0.2, -0.15) is 0 Å². The molecular weight excluding hydrogens is 550 g/mol. The van der Waals surface area contributed by atoms with Crippen molar-refractivity contribution in [1.29, 1.82) is 0 Å². The molecule has 0 spiro atoms. The molecule has 0 aliphatic rings. The Morgan fingerprint density at radius 1 is 0.951 bits per heavy atom. The van der Waals surface area contributed by atoms with Crippen LogP contribution in [0.15, 0.2) is 78.9 Å². The maximum absolute atomic E-state index is 12.4. The Morgan fingerprint density at radius 3 is 2.39 bits per heavy atom. The molecule has 1 heterocycles. The molecule has 4 rings (SSSR count). The number of hydrogen-bond acceptors (Lipinski definition) is 4. The van der Waals surface area contributed by atoms with Crippen LogP contribution in [0.3, 0.4) is 0 Å². The number of carboxylic acids is 1. The summed E-state index contributed by atoms with van der Waals surface area (Å²) in [6, 6.07) is 25.0. The standard InChI is InChI=1S/C34H36ClNO4Si/c1-33(2,3)34(40-41(4)5,20-19-24-10-6-7-12-29(24)31(37)32(38)39)26-11-8-9-23(21-26)13-17-28-18-15-25-14-16-27(35)22-30(25)36-28/h6-18,21-22,41H,19-20H2,1-5H3,(H,38,39)/t34-/m1/s1. The van der Waals surface area contributed by atoms with Crippen LogP contribution in [0.5, 0.6) is 0 Å². The Balaban J connectivity index is 1.71. The molecule has 7 heteroatoms. The maximum atomic E-state index is 12.4. The highest BCUT2D eigenvalue weighted by molar-refractivity contribution is 6.48. The van der Waals surface area contributed by atoms with E-state index in [0.717, 1.165) is 27.7 Å². The van der Waals surface area contributed by atoms with Crippen molar-refractivity contribution in [2.75, 3.05) is 0 Å². The number of Topliss-reactive ketones (excluding diaryl/α,β-unsaturated/α-hetero) is 1. The van der Waals surface area contributed by atoms with E-state index in [9.17, 15) is 14.7 Å². The molecule has 1 aromatic heterocycles. The van der Waals surface area contributed by atoms with Gasteiger partial charge in [-0.25, -0.2) is 9.78 Å². The molecule has 0 saturated carbocycles. The van der Waals surface area contributed by atoms with Crippen LogP contribution in [0.4, 0.5) is 0 Å². The van der Waals surface area contributed by atoms with Gasteiger partial charge in [-0.05, 0) is 78.4 Å². The zero-order valence-electron chi connectivity index (χ0n) is 24.1. The normalized spacial score (nSPS) is 13.5. The number of carboxylic acid groups (broad SMARTS) is 1. The Kier molecular flexibility index (Phi) is 9.27. The molecule has 4 aromatic rings. The predicted molar refractivity (Wildman–Crippen MR) is 170 cm³/mol. The van der Waals surface area contributed by atoms with E-state index in [1.165, 1.54) is 0 Å². The smallest absolute Gasteiger partial charge is 0.377 e. The first-order chi connectivity index (χ1) is 19.4. The number of aromatic nitrogens is 1. The molecule has 0 radical (unpaired) electrons. The molecule has 0 bridgehead atoms. The van der Waals surface area contributed by atoms with E-state index in [1.807, 2.05) is 60.7 Å². The van der Waals surface area contributed by atoms with Crippen LogP contribution in [0, 0.1) is 5.41 Å². The lowest BCUT2D eigenvalue weighted by molar-refractivity contribution is -0.131. The third kappa shape index (κ3) is 7.01. The largest absolute Gasteiger partial charge is 0.475 e. The summed E-state index contributed by atoms with van der Waals surface area (Å²) in [7, 11) is -1.55. The van der Waals surface area contributed by atoms with E-state index in [-0.39, 0.29) is 11.0 Å². The van der Waals surface area contributed by atoms with Crippen LogP contribution in [0.25, 0.3) is 23.1 Å². The van der Waals surface area contributed by atoms with Gasteiger partial charge in [0.2, 0.25) is 0 Å². The average Bonchev–Trinajstić information content (AvgIpc) is 2.93. The fraction of sp³-hybridized carbons (Fsp3) is 0.265. The molecule has 212 valence electrons. The lowest BCUT2D eigenvalue weighted by Gasteiger charge is -2.47. The van der Waals surface area contributed by atoms with Crippen molar-refractivity contribution in [1.82, 2.24) is 4.98 Å². The van der Waals surface area contributed by atoms with E-state index >= 15 is 0 Å². The van der Waals surface area contributed by atoms with Gasteiger partial charge in [-0.1, -0.05) is 93.0 Å². The average molecular weight is 586 g/mol. The highest BCUT2D eigenvalue weighted by Gasteiger charge is 2.45. The van der Waals surface area contributed by atoms with Gasteiger partial charge in [0.25, 0.3) is 5.78 Å². The zero-order valence-corrected chi connectivity index (χ0v) is 26.1. The maximum Gasteiger partial charge on any atom is 0.377 e. The molecule has 1 N–H and O–H groups in total. The summed E-state index contributed by atoms with van der Waals surface area (Å²) in [5.41, 5.74) is 3.72. The van der Waals surface area contributed by atoms with Crippen LogP contribution in [0.2, 0.25) is 18.1 Å². The van der Waals surface area contributed by atoms with E-state index in [2.05, 4.69) is 52.1 Å². The highest BCUT2D eigenvalue weighted by atomic mass is 35.5. The van der Waals surface area contributed by atoms with Crippen molar-refractivity contribution in [3.05, 3.63) is 112 Å². The number of pyridine rings is 1. The SMILES string of the molecule is C[SiH](C)O[C@](CCc1ccccc1C(=O)C(=O)O)(c1cccc(C=Cc2ccc3ccc(Cl)cc3n2)c1)C(C)(C)C. The molecule has 0 aliphatic heterocycles. The highest BCUT2D eigenvalue weighted by Crippen LogP contribution is 2.47. The second kappa shape index (κ2) is 12.5. The van der Waals surface area contributed by atoms with Gasteiger partial charge in [-0.3, -0.25) is 4.79 Å². The lowest BCUT2D eigenvalue weighted by Crippen LogP contribution is -2.46. The van der Waals surface area contributed by atoms with E-state index < -0.39 is 26.4 Å². The van der Waals surface area contributed by atoms with Crippen LogP contribution in [-0.2, 0) is 21.2 Å². The number of fused-ring (bicyclic) bond motifs is 1. The van der Waals surface area contributed by atoms with Gasteiger partial charge in [0.1, 0.15) is 0 Å². The quantitative estimate of drug-likeness (QED) is 0.115. The number of ketones is 1. The van der Waals surface area contributed by atoms with Crippen LogP contribution < -0.4 is 0 Å². The molecule has 0 unspecified atom stereocenters. The van der Waals surface area contributed by atoms with Gasteiger partial charge in [0, 0.05) is 16.0 Å². The van der Waals surface area contributed by atoms with Crippen molar-refractivity contribution in [3.63, 3.8) is 0 Å². The van der Waals surface area contributed by atoms with Crippen molar-refractivity contribution >= 4 is 55.4 Å². The number of rotatable bonds is 10. The Morgan fingerprint density at radius 2 is 1.68 bits per heavy atom. The summed E-state index contributed by atoms with van der Waals surface area (Å²) in [5, 5.41) is 11.0. The summed E-state index contributed by atoms with van der Waals surface area (Å²) in [5.74, 6) is -2.34. The van der Waals surface area contributed by atoms with Gasteiger partial charge in [0.05, 0.1) is 16.8 Å². The molecule has 5 nitrogen and oxygen atoms in total. The van der Waals surface area contributed by atoms with Gasteiger partial charge in [-0.15, -0.1) is 0 Å². The summed E-state index contributed by atoms with van der Waals surface area (Å²) < 4.78 is 6.92. The minimum Gasteiger partial charge on any atom is -0.475 e. The molecule has 0 aliphatic carbocycles. The molecule has 1 atom stereocenters. The van der Waals surface area contributed by atoms with E-state index in [4.69, 9.17) is 21.0 Å². The fourth-order valence-corrected chi connectivity index (χ4v) is 6.90. The number of halogens is 1. The summed E-state index contributed by atoms with van der Waals surface area (Å²) in [6.45, 7) is 10.8. The third-order valence-corrected chi connectivity index (χ3v) is 8.44. The number of aliphatic carboxylic acids is 1. The minimum absolute atomic E-state index is 0.227.